The molecule has 0 saturated carbocycles. The van der Waals surface area contributed by atoms with Gasteiger partial charge in [0, 0.05) is 12.4 Å². The molecule has 2 aromatic rings. The monoisotopic (exact) mass is 207 g/mol. The van der Waals surface area contributed by atoms with Crippen LogP contribution >= 0.6 is 0 Å². The van der Waals surface area contributed by atoms with Crippen molar-refractivity contribution < 1.29 is 9.31 Å². The van der Waals surface area contributed by atoms with Crippen LogP contribution in [0.1, 0.15) is 0 Å². The third-order valence-corrected chi connectivity index (χ3v) is 1.89. The molecule has 2 rings (SSSR count). The first-order chi connectivity index (χ1) is 7.18. The van der Waals surface area contributed by atoms with Gasteiger partial charge < -0.3 is 0 Å². The molecule has 0 bridgehead atoms. The molecule has 0 spiro atoms. The van der Waals surface area contributed by atoms with Crippen molar-refractivity contribution in [3.8, 4) is 5.69 Å². The molecule has 0 amide bonds. The van der Waals surface area contributed by atoms with Gasteiger partial charge in [0.2, 0.25) is 0 Å². The zero-order chi connectivity index (χ0) is 10.8. The van der Waals surface area contributed by atoms with Gasteiger partial charge in [0.25, 0.3) is 5.69 Å². The van der Waals surface area contributed by atoms with Crippen LogP contribution in [0.2, 0.25) is 0 Å². The summed E-state index contributed by atoms with van der Waals surface area (Å²) >= 11 is 0. The number of benzene rings is 1. The van der Waals surface area contributed by atoms with Crippen LogP contribution in [0.25, 0.3) is 5.69 Å². The minimum atomic E-state index is -0.641. The highest BCUT2D eigenvalue weighted by atomic mass is 19.1. The van der Waals surface area contributed by atoms with Crippen LogP contribution in [-0.2, 0) is 0 Å². The largest absolute Gasteiger partial charge is 0.297 e. The molecule has 0 unspecified atom stereocenters. The molecule has 0 fully saturated rings. The van der Waals surface area contributed by atoms with Crippen molar-refractivity contribution in [1.29, 1.82) is 0 Å². The number of rotatable bonds is 2. The molecule has 0 atom stereocenters. The Balaban J connectivity index is 2.61. The van der Waals surface area contributed by atoms with E-state index in [1.54, 1.807) is 12.3 Å². The highest BCUT2D eigenvalue weighted by Gasteiger charge is 2.16. The Morgan fingerprint density at radius 2 is 2.27 bits per heavy atom. The lowest BCUT2D eigenvalue weighted by Crippen LogP contribution is -2.00. The minimum absolute atomic E-state index is 0.242. The van der Waals surface area contributed by atoms with Crippen LogP contribution < -0.4 is 0 Å². The van der Waals surface area contributed by atoms with E-state index in [1.165, 1.54) is 16.9 Å². The number of nitro benzene ring substituents is 1. The van der Waals surface area contributed by atoms with Crippen LogP contribution in [0.5, 0.6) is 0 Å². The average molecular weight is 207 g/mol. The van der Waals surface area contributed by atoms with Crippen LogP contribution in [0.3, 0.4) is 0 Å². The summed E-state index contributed by atoms with van der Waals surface area (Å²) in [6, 6.07) is 4.98. The lowest BCUT2D eigenvalue weighted by atomic mass is 10.2. The van der Waals surface area contributed by atoms with E-state index in [9.17, 15) is 14.5 Å². The fraction of sp³-hybridized carbons (Fsp3) is 0. The van der Waals surface area contributed by atoms with Crippen LogP contribution in [0.15, 0.2) is 36.7 Å². The van der Waals surface area contributed by atoms with Crippen LogP contribution in [0.4, 0.5) is 10.1 Å². The zero-order valence-electron chi connectivity index (χ0n) is 7.50. The third-order valence-electron chi connectivity index (χ3n) is 1.89. The fourth-order valence-electron chi connectivity index (χ4n) is 1.25. The predicted molar refractivity (Wildman–Crippen MR) is 50.2 cm³/mol. The van der Waals surface area contributed by atoms with E-state index < -0.39 is 10.7 Å². The highest BCUT2D eigenvalue weighted by Crippen LogP contribution is 2.22. The second kappa shape index (κ2) is 3.49. The second-order valence-electron chi connectivity index (χ2n) is 2.84. The Morgan fingerprint density at radius 3 is 2.87 bits per heavy atom. The zero-order valence-corrected chi connectivity index (χ0v) is 7.50. The summed E-state index contributed by atoms with van der Waals surface area (Å²) in [6.45, 7) is 0. The Labute approximate surface area is 83.9 Å². The van der Waals surface area contributed by atoms with Gasteiger partial charge >= 0.3 is 0 Å². The Kier molecular flexibility index (Phi) is 2.17. The first-order valence-corrected chi connectivity index (χ1v) is 4.12. The quantitative estimate of drug-likeness (QED) is 0.558. The lowest BCUT2D eigenvalue weighted by Gasteiger charge is -2.02. The predicted octanol–water partition coefficient (Wildman–Crippen LogP) is 1.92. The van der Waals surface area contributed by atoms with Crippen molar-refractivity contribution in [2.24, 2.45) is 0 Å². The Hall–Kier alpha value is -2.24. The molecule has 15 heavy (non-hydrogen) atoms. The van der Waals surface area contributed by atoms with Crippen molar-refractivity contribution >= 4 is 5.69 Å². The van der Waals surface area contributed by atoms with Gasteiger partial charge in [0.1, 0.15) is 11.5 Å². The van der Waals surface area contributed by atoms with Gasteiger partial charge in [-0.25, -0.2) is 9.07 Å². The molecule has 0 aliphatic rings. The number of nitro groups is 1. The van der Waals surface area contributed by atoms with E-state index in [0.717, 1.165) is 12.1 Å². The number of hydrogen-bond acceptors (Lipinski definition) is 3. The second-order valence-corrected chi connectivity index (χ2v) is 2.84. The molecule has 0 radical (unpaired) electrons. The van der Waals surface area contributed by atoms with Crippen molar-refractivity contribution in [3.63, 3.8) is 0 Å². The first kappa shape index (κ1) is 9.32. The molecule has 5 nitrogen and oxygen atoms in total. The maximum atomic E-state index is 12.8. The van der Waals surface area contributed by atoms with E-state index in [-0.39, 0.29) is 11.4 Å². The first-order valence-electron chi connectivity index (χ1n) is 4.12. The molecule has 0 aliphatic heterocycles. The normalized spacial score (nSPS) is 10.2. The Bertz CT molecular complexity index is 496. The van der Waals surface area contributed by atoms with Gasteiger partial charge in [-0.15, -0.1) is 0 Å². The minimum Gasteiger partial charge on any atom is -0.258 e. The summed E-state index contributed by atoms with van der Waals surface area (Å²) in [5.41, 5.74) is -0.0647. The van der Waals surface area contributed by atoms with Gasteiger partial charge in [0.05, 0.1) is 11.0 Å². The van der Waals surface area contributed by atoms with Gasteiger partial charge in [-0.05, 0) is 18.2 Å². The van der Waals surface area contributed by atoms with Gasteiger partial charge in [-0.1, -0.05) is 0 Å². The SMILES string of the molecule is O=[N+]([O-])c1cc(F)ccc1-n1cccn1. The standard InChI is InChI=1S/C9H6FN3O2/c10-7-2-3-8(9(6-7)13(14)15)12-5-1-4-11-12/h1-6H. The fourth-order valence-corrected chi connectivity index (χ4v) is 1.25. The molecule has 1 aromatic heterocycles. The number of aromatic nitrogens is 2. The molecule has 0 N–H and O–H groups in total. The molecule has 1 heterocycles. The molecule has 0 aliphatic carbocycles. The van der Waals surface area contributed by atoms with E-state index in [0.29, 0.717) is 0 Å². The summed E-state index contributed by atoms with van der Waals surface area (Å²) < 4.78 is 14.1. The van der Waals surface area contributed by atoms with E-state index >= 15 is 0 Å². The molecule has 1 aromatic carbocycles. The lowest BCUT2D eigenvalue weighted by molar-refractivity contribution is -0.384. The van der Waals surface area contributed by atoms with Crippen molar-refractivity contribution in [2.45, 2.75) is 0 Å². The maximum Gasteiger partial charge on any atom is 0.297 e. The highest BCUT2D eigenvalue weighted by molar-refractivity contribution is 5.51. The number of nitrogens with zero attached hydrogens (tertiary/aromatic N) is 3. The van der Waals surface area contributed by atoms with Crippen LogP contribution in [0, 0.1) is 15.9 Å². The van der Waals surface area contributed by atoms with Gasteiger partial charge in [-0.3, -0.25) is 10.1 Å². The molecule has 6 heteroatoms. The average Bonchev–Trinajstić information content (AvgIpc) is 2.70. The van der Waals surface area contributed by atoms with Crippen LogP contribution in [-0.4, -0.2) is 14.7 Å². The molecular weight excluding hydrogens is 201 g/mol. The summed E-state index contributed by atoms with van der Waals surface area (Å²) in [4.78, 5) is 10.0. The third kappa shape index (κ3) is 1.69. The topological polar surface area (TPSA) is 61.0 Å². The number of hydrogen-bond donors (Lipinski definition) is 0. The van der Waals surface area contributed by atoms with Gasteiger partial charge in [0.15, 0.2) is 0 Å². The summed E-state index contributed by atoms with van der Waals surface area (Å²) in [5, 5.41) is 14.5. The maximum absolute atomic E-state index is 12.8. The smallest absolute Gasteiger partial charge is 0.258 e. The van der Waals surface area contributed by atoms with Gasteiger partial charge in [-0.2, -0.15) is 5.10 Å². The van der Waals surface area contributed by atoms with Crippen molar-refractivity contribution in [1.82, 2.24) is 9.78 Å². The van der Waals surface area contributed by atoms with Crippen molar-refractivity contribution in [2.75, 3.05) is 0 Å². The summed E-state index contributed by atoms with van der Waals surface area (Å²) in [5.74, 6) is -0.641. The van der Waals surface area contributed by atoms with E-state index in [4.69, 9.17) is 0 Å². The van der Waals surface area contributed by atoms with E-state index in [2.05, 4.69) is 5.10 Å². The molecular formula is C9H6FN3O2. The molecule has 76 valence electrons. The molecule has 0 saturated heterocycles. The van der Waals surface area contributed by atoms with Crippen molar-refractivity contribution in [3.05, 3.63) is 52.6 Å². The summed E-state index contributed by atoms with van der Waals surface area (Å²) in [7, 11) is 0. The summed E-state index contributed by atoms with van der Waals surface area (Å²) in [6.07, 6.45) is 3.05. The van der Waals surface area contributed by atoms with E-state index in [1.807, 2.05) is 0 Å². The Morgan fingerprint density at radius 1 is 1.47 bits per heavy atom. The number of halogens is 1.